The Morgan fingerprint density at radius 2 is 2.00 bits per heavy atom. The van der Waals surface area contributed by atoms with E-state index in [2.05, 4.69) is 5.32 Å². The minimum atomic E-state index is -1.10. The van der Waals surface area contributed by atoms with E-state index in [0.717, 1.165) is 0 Å². The maximum absolute atomic E-state index is 12.0. The zero-order valence-electron chi connectivity index (χ0n) is 13.8. The predicted octanol–water partition coefficient (Wildman–Crippen LogP) is 3.19. The third-order valence-corrected chi connectivity index (χ3v) is 4.27. The molecule has 1 atom stereocenters. The summed E-state index contributed by atoms with van der Waals surface area (Å²) < 4.78 is 5.00. The van der Waals surface area contributed by atoms with Crippen molar-refractivity contribution in [2.45, 2.75) is 25.9 Å². The zero-order valence-corrected chi connectivity index (χ0v) is 14.7. The first kappa shape index (κ1) is 19.3. The number of anilines is 1. The second-order valence-corrected chi connectivity index (χ2v) is 6.28. The van der Waals surface area contributed by atoms with Gasteiger partial charge in [-0.2, -0.15) is 0 Å². The lowest BCUT2D eigenvalue weighted by Gasteiger charge is -2.13. The number of Topliss-reactive ketones (excluding diaryl/α,β-unsaturated/α-hetero) is 1. The van der Waals surface area contributed by atoms with Gasteiger partial charge in [0.15, 0.2) is 11.9 Å². The van der Waals surface area contributed by atoms with E-state index in [9.17, 15) is 24.5 Å². The fourth-order valence-electron chi connectivity index (χ4n) is 2.03. The molecule has 1 N–H and O–H groups in total. The molecule has 0 bridgehead atoms. The number of nitrogens with one attached hydrogen (secondary N) is 1. The topological polar surface area (TPSA) is 116 Å². The summed E-state index contributed by atoms with van der Waals surface area (Å²) in [7, 11) is 0. The maximum atomic E-state index is 12.0. The molecule has 0 unspecified atom stereocenters. The van der Waals surface area contributed by atoms with Crippen molar-refractivity contribution in [2.24, 2.45) is 0 Å². The summed E-state index contributed by atoms with van der Waals surface area (Å²) in [6.45, 7) is 1.38. The van der Waals surface area contributed by atoms with Crippen molar-refractivity contribution in [3.05, 3.63) is 56.8 Å². The molecule has 26 heavy (non-hydrogen) atoms. The van der Waals surface area contributed by atoms with E-state index in [4.69, 9.17) is 4.74 Å². The molecule has 0 saturated heterocycles. The molecule has 1 amide bonds. The van der Waals surface area contributed by atoms with Crippen LogP contribution in [0.3, 0.4) is 0 Å². The van der Waals surface area contributed by atoms with Gasteiger partial charge in [-0.15, -0.1) is 11.3 Å². The van der Waals surface area contributed by atoms with Crippen molar-refractivity contribution < 1.29 is 24.0 Å². The molecule has 0 aliphatic heterocycles. The summed E-state index contributed by atoms with van der Waals surface area (Å²) in [5.41, 5.74) is 0.0551. The highest BCUT2D eigenvalue weighted by atomic mass is 32.1. The summed E-state index contributed by atoms with van der Waals surface area (Å²) >= 11 is 1.29. The third-order valence-electron chi connectivity index (χ3n) is 3.35. The fourth-order valence-corrected chi connectivity index (χ4v) is 2.72. The summed E-state index contributed by atoms with van der Waals surface area (Å²) in [5.74, 6) is -1.45. The number of non-ortho nitro benzene ring substituents is 1. The van der Waals surface area contributed by atoms with E-state index < -0.39 is 22.9 Å². The van der Waals surface area contributed by atoms with E-state index >= 15 is 0 Å². The number of nitrogens with zero attached hydrogens (tertiary/aromatic N) is 1. The van der Waals surface area contributed by atoms with Crippen LogP contribution in [0.1, 0.15) is 29.4 Å². The van der Waals surface area contributed by atoms with Crippen molar-refractivity contribution >= 4 is 40.4 Å². The molecule has 2 rings (SSSR count). The van der Waals surface area contributed by atoms with Gasteiger partial charge in [-0.25, -0.2) is 0 Å². The second kappa shape index (κ2) is 8.86. The fraction of sp³-hybridized carbons (Fsp3) is 0.235. The van der Waals surface area contributed by atoms with Crippen LogP contribution < -0.4 is 5.32 Å². The molecule has 9 heteroatoms. The molecule has 2 aromatic rings. The van der Waals surface area contributed by atoms with Gasteiger partial charge in [0.1, 0.15) is 0 Å². The highest BCUT2D eigenvalue weighted by molar-refractivity contribution is 7.12. The second-order valence-electron chi connectivity index (χ2n) is 5.33. The number of benzene rings is 1. The van der Waals surface area contributed by atoms with E-state index in [1.807, 2.05) is 0 Å². The third kappa shape index (κ3) is 5.49. The van der Waals surface area contributed by atoms with Crippen LogP contribution in [0.2, 0.25) is 0 Å². The van der Waals surface area contributed by atoms with Crippen molar-refractivity contribution in [3.8, 4) is 0 Å². The quantitative estimate of drug-likeness (QED) is 0.327. The number of thiophene rings is 1. The minimum Gasteiger partial charge on any atom is -0.453 e. The SMILES string of the molecule is C[C@@H](OC(=O)CCC(=O)c1cccs1)C(=O)Nc1cccc([N+](=O)[O-])c1. The molecule has 8 nitrogen and oxygen atoms in total. The Labute approximate surface area is 152 Å². The Morgan fingerprint density at radius 3 is 2.65 bits per heavy atom. The van der Waals surface area contributed by atoms with Crippen LogP contribution in [0.5, 0.6) is 0 Å². The number of amides is 1. The number of carbonyl (C=O) groups excluding carboxylic acids is 3. The largest absolute Gasteiger partial charge is 0.453 e. The van der Waals surface area contributed by atoms with Crippen molar-refractivity contribution in [1.82, 2.24) is 0 Å². The molecule has 0 saturated carbocycles. The summed E-state index contributed by atoms with van der Waals surface area (Å²) in [4.78, 5) is 46.4. The van der Waals surface area contributed by atoms with Crippen LogP contribution in [0.15, 0.2) is 41.8 Å². The van der Waals surface area contributed by atoms with Gasteiger partial charge in [-0.3, -0.25) is 24.5 Å². The van der Waals surface area contributed by atoms with Gasteiger partial charge >= 0.3 is 5.97 Å². The normalized spacial score (nSPS) is 11.4. The Bertz CT molecular complexity index is 818. The number of esters is 1. The van der Waals surface area contributed by atoms with Gasteiger partial charge in [0.25, 0.3) is 11.6 Å². The van der Waals surface area contributed by atoms with Gasteiger partial charge in [0.05, 0.1) is 16.2 Å². The average molecular weight is 376 g/mol. The number of hydrogen-bond donors (Lipinski definition) is 1. The standard InChI is InChI=1S/C17H16N2O6S/c1-11(17(22)18-12-4-2-5-13(10-12)19(23)24)25-16(21)8-7-14(20)15-6-3-9-26-15/h2-6,9-11H,7-8H2,1H3,(H,18,22)/t11-/m1/s1. The monoisotopic (exact) mass is 376 g/mol. The number of nitro benzene ring substituents is 1. The van der Waals surface area contributed by atoms with Gasteiger partial charge in [-0.05, 0) is 24.4 Å². The Kier molecular flexibility index (Phi) is 6.56. The number of rotatable bonds is 8. The van der Waals surface area contributed by atoms with Gasteiger partial charge in [-0.1, -0.05) is 12.1 Å². The van der Waals surface area contributed by atoms with Crippen molar-refractivity contribution in [3.63, 3.8) is 0 Å². The molecule has 0 radical (unpaired) electrons. The number of nitro groups is 1. The first-order chi connectivity index (χ1) is 12.4. The first-order valence-corrected chi connectivity index (χ1v) is 8.56. The molecule has 1 aromatic heterocycles. The Hall–Kier alpha value is -3.07. The number of carbonyl (C=O) groups is 3. The molecule has 0 aliphatic rings. The Balaban J connectivity index is 1.82. The predicted molar refractivity (Wildman–Crippen MR) is 95.2 cm³/mol. The molecular weight excluding hydrogens is 360 g/mol. The highest BCUT2D eigenvalue weighted by Gasteiger charge is 2.19. The Morgan fingerprint density at radius 1 is 1.23 bits per heavy atom. The van der Waals surface area contributed by atoms with E-state index in [1.54, 1.807) is 17.5 Å². The first-order valence-electron chi connectivity index (χ1n) is 7.68. The number of ketones is 1. The highest BCUT2D eigenvalue weighted by Crippen LogP contribution is 2.17. The lowest BCUT2D eigenvalue weighted by molar-refractivity contribution is -0.384. The molecule has 0 aliphatic carbocycles. The molecule has 1 aromatic carbocycles. The molecule has 0 fully saturated rings. The van der Waals surface area contributed by atoms with Crippen LogP contribution in [0, 0.1) is 10.1 Å². The van der Waals surface area contributed by atoms with Gasteiger partial charge in [0, 0.05) is 24.2 Å². The van der Waals surface area contributed by atoms with E-state index in [0.29, 0.717) is 4.88 Å². The summed E-state index contributed by atoms with van der Waals surface area (Å²) in [6, 6.07) is 8.83. The van der Waals surface area contributed by atoms with Gasteiger partial charge in [0.2, 0.25) is 0 Å². The molecule has 0 spiro atoms. The van der Waals surface area contributed by atoms with E-state index in [-0.39, 0.29) is 30.0 Å². The van der Waals surface area contributed by atoms with Crippen LogP contribution >= 0.6 is 11.3 Å². The lowest BCUT2D eigenvalue weighted by Crippen LogP contribution is -2.30. The number of hydrogen-bond acceptors (Lipinski definition) is 7. The average Bonchev–Trinajstić information content (AvgIpc) is 3.14. The van der Waals surface area contributed by atoms with Gasteiger partial charge < -0.3 is 10.1 Å². The lowest BCUT2D eigenvalue weighted by atomic mass is 10.2. The maximum Gasteiger partial charge on any atom is 0.307 e. The molecular formula is C17H16N2O6S. The van der Waals surface area contributed by atoms with Crippen LogP contribution in [0.25, 0.3) is 0 Å². The van der Waals surface area contributed by atoms with Crippen LogP contribution in [-0.2, 0) is 14.3 Å². The zero-order chi connectivity index (χ0) is 19.1. The summed E-state index contributed by atoms with van der Waals surface area (Å²) in [6.07, 6.45) is -1.23. The van der Waals surface area contributed by atoms with Crippen LogP contribution in [0.4, 0.5) is 11.4 Å². The van der Waals surface area contributed by atoms with E-state index in [1.165, 1.54) is 42.5 Å². The minimum absolute atomic E-state index is 0.00142. The summed E-state index contributed by atoms with van der Waals surface area (Å²) in [5, 5.41) is 14.9. The smallest absolute Gasteiger partial charge is 0.307 e. The molecule has 1 heterocycles. The molecule has 136 valence electrons. The number of ether oxygens (including phenoxy) is 1. The van der Waals surface area contributed by atoms with Crippen molar-refractivity contribution in [2.75, 3.05) is 5.32 Å². The van der Waals surface area contributed by atoms with Crippen molar-refractivity contribution in [1.29, 1.82) is 0 Å². The van der Waals surface area contributed by atoms with Crippen LogP contribution in [-0.4, -0.2) is 28.7 Å².